The highest BCUT2D eigenvalue weighted by atomic mass is 15.4. The maximum Gasteiger partial charge on any atom is 0.191 e. The lowest BCUT2D eigenvalue weighted by Gasteiger charge is -2.44. The Labute approximate surface area is 92.1 Å². The zero-order chi connectivity index (χ0) is 11.1. The Hall–Kier alpha value is -0.770. The second-order valence-electron chi connectivity index (χ2n) is 5.09. The molecule has 0 aromatic rings. The normalized spacial score (nSPS) is 26.4. The Morgan fingerprint density at radius 2 is 1.93 bits per heavy atom. The quantitative estimate of drug-likeness (QED) is 0.685. The lowest BCUT2D eigenvalue weighted by Crippen LogP contribution is -2.56. The summed E-state index contributed by atoms with van der Waals surface area (Å²) in [6, 6.07) is 0.660. The fraction of sp³-hybridized carbons (Fsp3) is 0.909. The lowest BCUT2D eigenvalue weighted by atomic mass is 9.86. The van der Waals surface area contributed by atoms with Gasteiger partial charge in [-0.05, 0) is 26.7 Å². The molecule has 0 aliphatic carbocycles. The number of nitrogens with two attached hydrogens (primary N) is 1. The zero-order valence-electron chi connectivity index (χ0n) is 10.0. The van der Waals surface area contributed by atoms with Gasteiger partial charge in [-0.2, -0.15) is 0 Å². The van der Waals surface area contributed by atoms with Gasteiger partial charge in [0.2, 0.25) is 0 Å². The summed E-state index contributed by atoms with van der Waals surface area (Å²) in [7, 11) is 2.08. The van der Waals surface area contributed by atoms with E-state index in [1.54, 1.807) is 0 Å². The van der Waals surface area contributed by atoms with Crippen LogP contribution in [-0.4, -0.2) is 54.0 Å². The van der Waals surface area contributed by atoms with Gasteiger partial charge in [0, 0.05) is 26.2 Å². The summed E-state index contributed by atoms with van der Waals surface area (Å²) in [5.41, 5.74) is 6.07. The molecule has 4 nitrogen and oxygen atoms in total. The Kier molecular flexibility index (Phi) is 2.63. The van der Waals surface area contributed by atoms with E-state index in [4.69, 9.17) is 5.73 Å². The summed E-state index contributed by atoms with van der Waals surface area (Å²) in [6.45, 7) is 7.76. The monoisotopic (exact) mass is 210 g/mol. The molecule has 2 aliphatic rings. The van der Waals surface area contributed by atoms with Gasteiger partial charge >= 0.3 is 0 Å². The van der Waals surface area contributed by atoms with Gasteiger partial charge in [0.1, 0.15) is 0 Å². The van der Waals surface area contributed by atoms with Crippen LogP contribution < -0.4 is 5.73 Å². The van der Waals surface area contributed by atoms with Crippen molar-refractivity contribution in [3.8, 4) is 0 Å². The predicted molar refractivity (Wildman–Crippen MR) is 62.9 cm³/mol. The first-order valence-corrected chi connectivity index (χ1v) is 5.83. The van der Waals surface area contributed by atoms with Crippen molar-refractivity contribution in [1.29, 1.82) is 0 Å². The molecule has 0 aromatic heterocycles. The van der Waals surface area contributed by atoms with Gasteiger partial charge in [0.25, 0.3) is 0 Å². The fourth-order valence-corrected chi connectivity index (χ4v) is 2.63. The van der Waals surface area contributed by atoms with Crippen LogP contribution in [0, 0.1) is 0 Å². The Balaban J connectivity index is 1.99. The molecular weight excluding hydrogens is 188 g/mol. The Morgan fingerprint density at radius 1 is 1.33 bits per heavy atom. The molecule has 2 aliphatic heterocycles. The van der Waals surface area contributed by atoms with E-state index < -0.39 is 0 Å². The van der Waals surface area contributed by atoms with E-state index in [1.807, 2.05) is 0 Å². The van der Waals surface area contributed by atoms with Crippen LogP contribution in [-0.2, 0) is 0 Å². The fourth-order valence-electron chi connectivity index (χ4n) is 2.63. The minimum absolute atomic E-state index is 0.232. The standard InChI is InChI=1S/C11H22N4/c1-9(2)15-6-4-11(5-7-15)8-13-10(12)14(11)3/h9H,4-8H2,1-3H3,(H2,12,13). The zero-order valence-corrected chi connectivity index (χ0v) is 10.0. The maximum absolute atomic E-state index is 5.84. The minimum atomic E-state index is 0.232. The van der Waals surface area contributed by atoms with E-state index in [1.165, 1.54) is 25.9 Å². The topological polar surface area (TPSA) is 44.9 Å². The van der Waals surface area contributed by atoms with Crippen LogP contribution >= 0.6 is 0 Å². The largest absolute Gasteiger partial charge is 0.370 e. The predicted octanol–water partition coefficient (Wildman–Crippen LogP) is 0.490. The highest BCUT2D eigenvalue weighted by Gasteiger charge is 2.42. The number of likely N-dealkylation sites (N-methyl/N-ethyl adjacent to an activating group) is 1. The van der Waals surface area contributed by atoms with Crippen LogP contribution in [0.5, 0.6) is 0 Å². The van der Waals surface area contributed by atoms with Crippen LogP contribution in [0.4, 0.5) is 0 Å². The molecule has 2 rings (SSSR count). The molecule has 0 aromatic carbocycles. The van der Waals surface area contributed by atoms with Crippen LogP contribution in [0.15, 0.2) is 4.99 Å². The summed E-state index contributed by atoms with van der Waals surface area (Å²) < 4.78 is 0. The third-order valence-corrected chi connectivity index (χ3v) is 4.05. The second kappa shape index (κ2) is 3.67. The van der Waals surface area contributed by atoms with E-state index in [0.29, 0.717) is 12.0 Å². The number of guanidine groups is 1. The van der Waals surface area contributed by atoms with Crippen molar-refractivity contribution in [3.63, 3.8) is 0 Å². The summed E-state index contributed by atoms with van der Waals surface area (Å²) in [5.74, 6) is 0.716. The van der Waals surface area contributed by atoms with Crippen molar-refractivity contribution in [2.75, 3.05) is 26.7 Å². The molecule has 0 amide bonds. The van der Waals surface area contributed by atoms with E-state index in [-0.39, 0.29) is 5.54 Å². The van der Waals surface area contributed by atoms with Gasteiger partial charge in [0.05, 0.1) is 12.1 Å². The second-order valence-corrected chi connectivity index (χ2v) is 5.09. The first-order valence-electron chi connectivity index (χ1n) is 5.83. The molecule has 0 saturated carbocycles. The molecule has 2 N–H and O–H groups in total. The number of piperidine rings is 1. The SMILES string of the molecule is CC(C)N1CCC2(CC1)CN=C(N)N2C. The third kappa shape index (κ3) is 1.71. The van der Waals surface area contributed by atoms with Crippen LogP contribution in [0.3, 0.4) is 0 Å². The number of hydrogen-bond donors (Lipinski definition) is 1. The van der Waals surface area contributed by atoms with Gasteiger partial charge < -0.3 is 15.5 Å². The van der Waals surface area contributed by atoms with Crippen molar-refractivity contribution in [1.82, 2.24) is 9.80 Å². The van der Waals surface area contributed by atoms with E-state index >= 15 is 0 Å². The molecule has 0 atom stereocenters. The van der Waals surface area contributed by atoms with E-state index in [2.05, 4.69) is 35.7 Å². The molecule has 15 heavy (non-hydrogen) atoms. The van der Waals surface area contributed by atoms with Gasteiger partial charge in [-0.15, -0.1) is 0 Å². The maximum atomic E-state index is 5.84. The van der Waals surface area contributed by atoms with Crippen molar-refractivity contribution < 1.29 is 0 Å². The average Bonchev–Trinajstić information content (AvgIpc) is 2.48. The number of hydrogen-bond acceptors (Lipinski definition) is 4. The van der Waals surface area contributed by atoms with Crippen LogP contribution in [0.2, 0.25) is 0 Å². The molecule has 86 valence electrons. The first-order chi connectivity index (χ1) is 7.05. The van der Waals surface area contributed by atoms with Crippen molar-refractivity contribution >= 4 is 5.96 Å². The summed E-state index contributed by atoms with van der Waals surface area (Å²) in [5, 5.41) is 0. The smallest absolute Gasteiger partial charge is 0.191 e. The van der Waals surface area contributed by atoms with Crippen LogP contribution in [0.1, 0.15) is 26.7 Å². The average molecular weight is 210 g/mol. The van der Waals surface area contributed by atoms with Crippen molar-refractivity contribution in [2.24, 2.45) is 10.7 Å². The summed E-state index contributed by atoms with van der Waals surface area (Å²) >= 11 is 0. The Bertz CT molecular complexity index is 264. The van der Waals surface area contributed by atoms with Gasteiger partial charge in [-0.1, -0.05) is 0 Å². The molecule has 0 bridgehead atoms. The summed E-state index contributed by atoms with van der Waals surface area (Å²) in [6.07, 6.45) is 2.37. The molecule has 1 spiro atoms. The van der Waals surface area contributed by atoms with Gasteiger partial charge in [-0.25, -0.2) is 0 Å². The molecule has 2 heterocycles. The number of likely N-dealkylation sites (tertiary alicyclic amines) is 1. The van der Waals surface area contributed by atoms with Gasteiger partial charge in [0.15, 0.2) is 5.96 Å². The molecule has 0 unspecified atom stereocenters. The summed E-state index contributed by atoms with van der Waals surface area (Å²) in [4.78, 5) is 9.09. The highest BCUT2D eigenvalue weighted by Crippen LogP contribution is 2.32. The number of nitrogens with zero attached hydrogens (tertiary/aromatic N) is 3. The van der Waals surface area contributed by atoms with Crippen molar-refractivity contribution in [2.45, 2.75) is 38.3 Å². The van der Waals surface area contributed by atoms with E-state index in [9.17, 15) is 0 Å². The number of rotatable bonds is 1. The van der Waals surface area contributed by atoms with E-state index in [0.717, 1.165) is 6.54 Å². The van der Waals surface area contributed by atoms with Crippen molar-refractivity contribution in [3.05, 3.63) is 0 Å². The van der Waals surface area contributed by atoms with Gasteiger partial charge in [-0.3, -0.25) is 4.99 Å². The molecule has 0 radical (unpaired) electrons. The highest BCUT2D eigenvalue weighted by molar-refractivity contribution is 5.80. The number of aliphatic imine (C=N–C) groups is 1. The first kappa shape index (κ1) is 10.7. The lowest BCUT2D eigenvalue weighted by molar-refractivity contribution is 0.0814. The minimum Gasteiger partial charge on any atom is -0.370 e. The molecular formula is C11H22N4. The third-order valence-electron chi connectivity index (χ3n) is 4.05. The molecule has 4 heteroatoms. The Morgan fingerprint density at radius 3 is 2.33 bits per heavy atom. The van der Waals surface area contributed by atoms with Crippen LogP contribution in [0.25, 0.3) is 0 Å². The molecule has 1 fully saturated rings. The molecule has 1 saturated heterocycles.